The predicted molar refractivity (Wildman–Crippen MR) is 59.8 cm³/mol. The van der Waals surface area contributed by atoms with E-state index in [2.05, 4.69) is 22.1 Å². The maximum Gasteiger partial charge on any atom is 0.294 e. The summed E-state index contributed by atoms with van der Waals surface area (Å²) in [5.74, 6) is 1.30. The van der Waals surface area contributed by atoms with Gasteiger partial charge < -0.3 is 9.73 Å². The quantitative estimate of drug-likeness (QED) is 0.836. The summed E-state index contributed by atoms with van der Waals surface area (Å²) in [4.78, 5) is 4.21. The third kappa shape index (κ3) is 2.67. The lowest BCUT2D eigenvalue weighted by Crippen LogP contribution is -2.20. The second kappa shape index (κ2) is 4.73. The minimum Gasteiger partial charge on any atom is -0.432 e. The summed E-state index contributed by atoms with van der Waals surface area (Å²) in [5.41, 5.74) is 0.934. The molecule has 78 valence electrons. The molecule has 1 fully saturated rings. The Bertz CT molecular complexity index is 281. The molecule has 3 nitrogen and oxygen atoms in total. The first-order valence-electron chi connectivity index (χ1n) is 5.12. The van der Waals surface area contributed by atoms with Crippen molar-refractivity contribution in [3.63, 3.8) is 0 Å². The Morgan fingerprint density at radius 2 is 2.57 bits per heavy atom. The molecule has 0 amide bonds. The highest BCUT2D eigenvalue weighted by molar-refractivity contribution is 7.99. The molecular formula is C10H16N2OS. The number of oxazole rings is 1. The molecule has 0 radical (unpaired) electrons. The minimum absolute atomic E-state index is 0.661. The van der Waals surface area contributed by atoms with Crippen molar-refractivity contribution in [2.24, 2.45) is 0 Å². The van der Waals surface area contributed by atoms with E-state index in [4.69, 9.17) is 4.42 Å². The molecule has 2 rings (SSSR count). The van der Waals surface area contributed by atoms with Crippen LogP contribution in [0.15, 0.2) is 10.7 Å². The first-order valence-corrected chi connectivity index (χ1v) is 6.17. The van der Waals surface area contributed by atoms with E-state index in [0.29, 0.717) is 6.01 Å². The third-order valence-corrected chi connectivity index (χ3v) is 3.77. The van der Waals surface area contributed by atoms with Crippen molar-refractivity contribution in [3.8, 4) is 0 Å². The molecule has 1 aromatic heterocycles. The average molecular weight is 212 g/mol. The van der Waals surface area contributed by atoms with Gasteiger partial charge in [-0.2, -0.15) is 16.7 Å². The lowest BCUT2D eigenvalue weighted by molar-refractivity contribution is 0.566. The number of aromatic nitrogens is 1. The van der Waals surface area contributed by atoms with Crippen LogP contribution in [0.3, 0.4) is 0 Å². The zero-order valence-corrected chi connectivity index (χ0v) is 9.27. The van der Waals surface area contributed by atoms with E-state index >= 15 is 0 Å². The second-order valence-electron chi connectivity index (χ2n) is 3.66. The Morgan fingerprint density at radius 1 is 1.64 bits per heavy atom. The van der Waals surface area contributed by atoms with E-state index in [9.17, 15) is 0 Å². The summed E-state index contributed by atoms with van der Waals surface area (Å²) in [6, 6.07) is 0.661. The van der Waals surface area contributed by atoms with Crippen LogP contribution >= 0.6 is 11.8 Å². The number of hydrogen-bond donors (Lipinski definition) is 1. The molecule has 1 N–H and O–H groups in total. The Balaban J connectivity index is 1.76. The first-order chi connectivity index (χ1) is 6.84. The number of thioether (sulfide) groups is 1. The second-order valence-corrected chi connectivity index (χ2v) is 5.07. The summed E-state index contributed by atoms with van der Waals surface area (Å²) >= 11 is 2.06. The fraction of sp³-hybridized carbons (Fsp3) is 0.700. The van der Waals surface area contributed by atoms with Gasteiger partial charge in [-0.25, -0.2) is 0 Å². The molecule has 2 heterocycles. The molecule has 0 aromatic carbocycles. The summed E-state index contributed by atoms with van der Waals surface area (Å²) in [5, 5.41) is 3.97. The molecule has 0 spiro atoms. The van der Waals surface area contributed by atoms with Crippen LogP contribution in [-0.2, 0) is 0 Å². The van der Waals surface area contributed by atoms with Crippen molar-refractivity contribution in [1.29, 1.82) is 0 Å². The molecule has 1 unspecified atom stereocenters. The van der Waals surface area contributed by atoms with E-state index in [0.717, 1.165) is 17.5 Å². The van der Waals surface area contributed by atoms with Gasteiger partial charge in [0.15, 0.2) is 0 Å². The summed E-state index contributed by atoms with van der Waals surface area (Å²) in [6.07, 6.45) is 5.73. The standard InChI is InChI=1S/C10H16N2OS/c1-8-7-13-10(12-8)11-6-9-4-2-3-5-14-9/h7,9H,2-6H2,1H3,(H,11,12). The SMILES string of the molecule is Cc1coc(NCC2CCCCS2)n1. The number of nitrogens with zero attached hydrogens (tertiary/aromatic N) is 1. The molecule has 0 saturated carbocycles. The molecule has 14 heavy (non-hydrogen) atoms. The highest BCUT2D eigenvalue weighted by Gasteiger charge is 2.14. The normalized spacial score (nSPS) is 22.2. The average Bonchev–Trinajstić information content (AvgIpc) is 2.63. The zero-order chi connectivity index (χ0) is 9.80. The van der Waals surface area contributed by atoms with Gasteiger partial charge in [-0.15, -0.1) is 0 Å². The number of hydrogen-bond acceptors (Lipinski definition) is 4. The molecule has 0 aliphatic carbocycles. The number of nitrogens with one attached hydrogen (secondary N) is 1. The van der Waals surface area contributed by atoms with Crippen molar-refractivity contribution in [1.82, 2.24) is 4.98 Å². The lowest BCUT2D eigenvalue weighted by atomic mass is 10.2. The lowest BCUT2D eigenvalue weighted by Gasteiger charge is -2.20. The van der Waals surface area contributed by atoms with Crippen LogP contribution in [0.1, 0.15) is 25.0 Å². The van der Waals surface area contributed by atoms with Gasteiger partial charge >= 0.3 is 0 Å². The smallest absolute Gasteiger partial charge is 0.294 e. The van der Waals surface area contributed by atoms with Crippen LogP contribution in [0.5, 0.6) is 0 Å². The van der Waals surface area contributed by atoms with Crippen molar-refractivity contribution in [2.45, 2.75) is 31.4 Å². The van der Waals surface area contributed by atoms with Crippen LogP contribution < -0.4 is 5.32 Å². The summed E-state index contributed by atoms with van der Waals surface area (Å²) in [7, 11) is 0. The number of anilines is 1. The Morgan fingerprint density at radius 3 is 3.21 bits per heavy atom. The van der Waals surface area contributed by atoms with Gasteiger partial charge in [0.05, 0.1) is 5.69 Å². The third-order valence-electron chi connectivity index (χ3n) is 2.37. The molecular weight excluding hydrogens is 196 g/mol. The van der Waals surface area contributed by atoms with Crippen molar-refractivity contribution in [3.05, 3.63) is 12.0 Å². The van der Waals surface area contributed by atoms with E-state index in [-0.39, 0.29) is 0 Å². The molecule has 1 atom stereocenters. The number of aryl methyl sites for hydroxylation is 1. The maximum absolute atomic E-state index is 5.22. The van der Waals surface area contributed by atoms with Gasteiger partial charge in [-0.1, -0.05) is 6.42 Å². The molecule has 1 aromatic rings. The molecule has 1 aliphatic rings. The Hall–Kier alpha value is -0.640. The zero-order valence-electron chi connectivity index (χ0n) is 8.45. The summed E-state index contributed by atoms with van der Waals surface area (Å²) < 4.78 is 5.22. The van der Waals surface area contributed by atoms with Crippen LogP contribution in [-0.4, -0.2) is 22.5 Å². The van der Waals surface area contributed by atoms with Crippen molar-refractivity contribution in [2.75, 3.05) is 17.6 Å². The van der Waals surface area contributed by atoms with Crippen LogP contribution in [0, 0.1) is 6.92 Å². The Labute approximate surface area is 88.7 Å². The largest absolute Gasteiger partial charge is 0.432 e. The van der Waals surface area contributed by atoms with Crippen molar-refractivity contribution < 1.29 is 4.42 Å². The molecule has 1 saturated heterocycles. The summed E-state index contributed by atoms with van der Waals surface area (Å²) in [6.45, 7) is 2.91. The van der Waals surface area contributed by atoms with Gasteiger partial charge in [-0.05, 0) is 25.5 Å². The van der Waals surface area contributed by atoms with Gasteiger partial charge in [-0.3, -0.25) is 0 Å². The topological polar surface area (TPSA) is 38.1 Å². The van der Waals surface area contributed by atoms with Gasteiger partial charge in [0.2, 0.25) is 0 Å². The number of rotatable bonds is 3. The predicted octanol–water partition coefficient (Wildman–Crippen LogP) is 2.68. The van der Waals surface area contributed by atoms with Gasteiger partial charge in [0.1, 0.15) is 6.26 Å². The highest BCUT2D eigenvalue weighted by Crippen LogP contribution is 2.25. The van der Waals surface area contributed by atoms with Crippen LogP contribution in [0.2, 0.25) is 0 Å². The molecule has 1 aliphatic heterocycles. The minimum atomic E-state index is 0.661. The van der Waals surface area contributed by atoms with Crippen LogP contribution in [0.4, 0.5) is 6.01 Å². The van der Waals surface area contributed by atoms with E-state index in [1.807, 2.05) is 6.92 Å². The van der Waals surface area contributed by atoms with Gasteiger partial charge in [0.25, 0.3) is 6.01 Å². The Kier molecular flexibility index (Phi) is 3.35. The van der Waals surface area contributed by atoms with Crippen molar-refractivity contribution >= 4 is 17.8 Å². The fourth-order valence-corrected chi connectivity index (χ4v) is 2.84. The van der Waals surface area contributed by atoms with E-state index in [1.54, 1.807) is 6.26 Å². The van der Waals surface area contributed by atoms with Crippen LogP contribution in [0.25, 0.3) is 0 Å². The first kappa shape index (κ1) is 9.90. The fourth-order valence-electron chi connectivity index (χ4n) is 1.60. The molecule has 4 heteroatoms. The highest BCUT2D eigenvalue weighted by atomic mass is 32.2. The monoisotopic (exact) mass is 212 g/mol. The van der Waals surface area contributed by atoms with Gasteiger partial charge in [0, 0.05) is 11.8 Å². The molecule has 0 bridgehead atoms. The van der Waals surface area contributed by atoms with E-state index < -0.39 is 0 Å². The van der Waals surface area contributed by atoms with E-state index in [1.165, 1.54) is 25.0 Å². The maximum atomic E-state index is 5.22.